The number of anilines is 1. The summed E-state index contributed by atoms with van der Waals surface area (Å²) in [5, 5.41) is 5.55. The number of fused-ring (bicyclic) bond motifs is 1. The Morgan fingerprint density at radius 3 is 3.05 bits per heavy atom. The van der Waals surface area contributed by atoms with Gasteiger partial charge in [-0.25, -0.2) is 0 Å². The number of rotatable bonds is 5. The summed E-state index contributed by atoms with van der Waals surface area (Å²) in [5.41, 5.74) is 1.02. The monoisotopic (exact) mass is 262 g/mol. The molecule has 19 heavy (non-hydrogen) atoms. The van der Waals surface area contributed by atoms with E-state index in [9.17, 15) is 9.59 Å². The summed E-state index contributed by atoms with van der Waals surface area (Å²) in [5.74, 6) is 0.0900. The van der Waals surface area contributed by atoms with Crippen LogP contribution in [0.15, 0.2) is 18.2 Å². The van der Waals surface area contributed by atoms with Crippen molar-refractivity contribution < 1.29 is 14.3 Å². The van der Waals surface area contributed by atoms with Crippen molar-refractivity contribution in [2.45, 2.75) is 26.2 Å². The first kappa shape index (κ1) is 13.4. The molecule has 2 rings (SSSR count). The highest BCUT2D eigenvalue weighted by Crippen LogP contribution is 2.31. The lowest BCUT2D eigenvalue weighted by atomic mass is 10.1. The highest BCUT2D eigenvalue weighted by molar-refractivity contribution is 6.03. The molecule has 0 saturated heterocycles. The van der Waals surface area contributed by atoms with Crippen LogP contribution in [0.5, 0.6) is 5.75 Å². The van der Waals surface area contributed by atoms with Gasteiger partial charge in [-0.2, -0.15) is 0 Å². The van der Waals surface area contributed by atoms with Crippen LogP contribution in [0.3, 0.4) is 0 Å². The summed E-state index contributed by atoms with van der Waals surface area (Å²) in [7, 11) is 0. The molecule has 1 aromatic carbocycles. The van der Waals surface area contributed by atoms with Gasteiger partial charge in [-0.15, -0.1) is 0 Å². The highest BCUT2D eigenvalue weighted by Gasteiger charge is 2.21. The number of unbranched alkanes of at least 4 members (excludes halogenated alkanes) is 2. The molecule has 0 fully saturated rings. The zero-order valence-electron chi connectivity index (χ0n) is 11.0. The molecule has 1 aliphatic rings. The van der Waals surface area contributed by atoms with Gasteiger partial charge in [0.1, 0.15) is 0 Å². The van der Waals surface area contributed by atoms with Crippen LogP contribution in [0.1, 0.15) is 36.5 Å². The molecular formula is C14H18N2O3. The maximum atomic E-state index is 12.1. The number of nitrogens with one attached hydrogen (secondary N) is 2. The van der Waals surface area contributed by atoms with E-state index in [2.05, 4.69) is 17.6 Å². The van der Waals surface area contributed by atoms with Gasteiger partial charge >= 0.3 is 0 Å². The Hall–Kier alpha value is -2.04. The van der Waals surface area contributed by atoms with Crippen LogP contribution in [0.4, 0.5) is 5.69 Å². The normalized spacial score (nSPS) is 13.2. The number of hydrogen-bond donors (Lipinski definition) is 2. The van der Waals surface area contributed by atoms with Gasteiger partial charge in [0.15, 0.2) is 12.4 Å². The van der Waals surface area contributed by atoms with Crippen molar-refractivity contribution >= 4 is 17.5 Å². The second kappa shape index (κ2) is 6.22. The molecule has 2 N–H and O–H groups in total. The highest BCUT2D eigenvalue weighted by atomic mass is 16.5. The van der Waals surface area contributed by atoms with Gasteiger partial charge in [-0.05, 0) is 18.6 Å². The van der Waals surface area contributed by atoms with Crippen LogP contribution in [-0.2, 0) is 4.79 Å². The molecule has 0 spiro atoms. The Kier molecular flexibility index (Phi) is 4.39. The van der Waals surface area contributed by atoms with E-state index in [4.69, 9.17) is 4.74 Å². The number of carbonyl (C=O) groups excluding carboxylic acids is 2. The number of para-hydroxylation sites is 1. The van der Waals surface area contributed by atoms with E-state index in [-0.39, 0.29) is 18.4 Å². The summed E-state index contributed by atoms with van der Waals surface area (Å²) in [6, 6.07) is 5.15. The molecule has 0 bridgehead atoms. The number of benzene rings is 1. The molecule has 5 nitrogen and oxygen atoms in total. The largest absolute Gasteiger partial charge is 0.481 e. The maximum Gasteiger partial charge on any atom is 0.262 e. The van der Waals surface area contributed by atoms with E-state index in [0.717, 1.165) is 19.3 Å². The number of carbonyl (C=O) groups is 2. The topological polar surface area (TPSA) is 67.4 Å². The molecule has 0 atom stereocenters. The molecule has 0 aliphatic carbocycles. The Balaban J connectivity index is 2.06. The lowest BCUT2D eigenvalue weighted by Crippen LogP contribution is -2.29. The van der Waals surface area contributed by atoms with Crippen LogP contribution < -0.4 is 15.4 Å². The Morgan fingerprint density at radius 1 is 1.42 bits per heavy atom. The molecule has 5 heteroatoms. The average molecular weight is 262 g/mol. The van der Waals surface area contributed by atoms with Gasteiger partial charge in [-0.3, -0.25) is 9.59 Å². The van der Waals surface area contributed by atoms with Crippen LogP contribution >= 0.6 is 0 Å². The maximum absolute atomic E-state index is 12.1. The van der Waals surface area contributed by atoms with E-state index in [1.807, 2.05) is 0 Å². The fourth-order valence-corrected chi connectivity index (χ4v) is 1.97. The van der Waals surface area contributed by atoms with Crippen LogP contribution in [0.25, 0.3) is 0 Å². The molecule has 1 aliphatic heterocycles. The van der Waals surface area contributed by atoms with Crippen molar-refractivity contribution in [2.75, 3.05) is 18.5 Å². The SMILES string of the molecule is CCCCCNC(=O)c1cccc2c1OCC(=O)N2. The zero-order chi connectivity index (χ0) is 13.7. The predicted octanol–water partition coefficient (Wildman–Crippen LogP) is 1.94. The second-order valence-corrected chi connectivity index (χ2v) is 4.48. The first-order chi connectivity index (χ1) is 9.22. The standard InChI is InChI=1S/C14H18N2O3/c1-2-3-4-8-15-14(18)10-6-5-7-11-13(10)19-9-12(17)16-11/h5-7H,2-4,8-9H2,1H3,(H,15,18)(H,16,17). The van der Waals surface area contributed by atoms with Crippen molar-refractivity contribution in [3.63, 3.8) is 0 Å². The molecule has 0 saturated carbocycles. The van der Waals surface area contributed by atoms with E-state index >= 15 is 0 Å². The van der Waals surface area contributed by atoms with E-state index in [1.165, 1.54) is 0 Å². The van der Waals surface area contributed by atoms with E-state index < -0.39 is 0 Å². The van der Waals surface area contributed by atoms with Crippen LogP contribution in [-0.4, -0.2) is 25.0 Å². The Morgan fingerprint density at radius 2 is 2.26 bits per heavy atom. The van der Waals surface area contributed by atoms with Gasteiger partial charge < -0.3 is 15.4 Å². The van der Waals surface area contributed by atoms with E-state index in [0.29, 0.717) is 23.5 Å². The van der Waals surface area contributed by atoms with Crippen LogP contribution in [0, 0.1) is 0 Å². The second-order valence-electron chi connectivity index (χ2n) is 4.48. The van der Waals surface area contributed by atoms with Gasteiger partial charge in [-0.1, -0.05) is 25.8 Å². The third kappa shape index (κ3) is 3.24. The quantitative estimate of drug-likeness (QED) is 0.797. The van der Waals surface area contributed by atoms with Crippen LogP contribution in [0.2, 0.25) is 0 Å². The lowest BCUT2D eigenvalue weighted by Gasteiger charge is -2.20. The minimum atomic E-state index is -0.201. The summed E-state index contributed by atoms with van der Waals surface area (Å²) in [4.78, 5) is 23.3. The summed E-state index contributed by atoms with van der Waals surface area (Å²) < 4.78 is 5.34. The first-order valence-corrected chi connectivity index (χ1v) is 6.56. The third-order valence-corrected chi connectivity index (χ3v) is 2.95. The molecule has 102 valence electrons. The number of hydrogen-bond acceptors (Lipinski definition) is 3. The molecule has 1 heterocycles. The third-order valence-electron chi connectivity index (χ3n) is 2.95. The van der Waals surface area contributed by atoms with Crippen molar-refractivity contribution in [3.8, 4) is 5.75 Å². The van der Waals surface area contributed by atoms with Crippen molar-refractivity contribution in [3.05, 3.63) is 23.8 Å². The van der Waals surface area contributed by atoms with Gasteiger partial charge in [0.25, 0.3) is 11.8 Å². The minimum Gasteiger partial charge on any atom is -0.481 e. The lowest BCUT2D eigenvalue weighted by molar-refractivity contribution is -0.118. The van der Waals surface area contributed by atoms with Crippen molar-refractivity contribution in [2.24, 2.45) is 0 Å². The summed E-state index contributed by atoms with van der Waals surface area (Å²) in [6.45, 7) is 2.72. The average Bonchev–Trinajstić information content (AvgIpc) is 2.42. The van der Waals surface area contributed by atoms with E-state index in [1.54, 1.807) is 18.2 Å². The molecular weight excluding hydrogens is 244 g/mol. The first-order valence-electron chi connectivity index (χ1n) is 6.56. The van der Waals surface area contributed by atoms with Crippen molar-refractivity contribution in [1.29, 1.82) is 0 Å². The zero-order valence-corrected chi connectivity index (χ0v) is 11.0. The summed E-state index contributed by atoms with van der Waals surface area (Å²) in [6.07, 6.45) is 3.18. The molecule has 0 radical (unpaired) electrons. The fraction of sp³-hybridized carbons (Fsp3) is 0.429. The van der Waals surface area contributed by atoms with Gasteiger partial charge in [0.05, 0.1) is 11.3 Å². The van der Waals surface area contributed by atoms with Gasteiger partial charge in [0, 0.05) is 6.54 Å². The number of ether oxygens (including phenoxy) is 1. The minimum absolute atomic E-state index is 0.0485. The van der Waals surface area contributed by atoms with Crippen molar-refractivity contribution in [1.82, 2.24) is 5.32 Å². The fourth-order valence-electron chi connectivity index (χ4n) is 1.97. The van der Waals surface area contributed by atoms with Gasteiger partial charge in [0.2, 0.25) is 0 Å². The Bertz CT molecular complexity index is 486. The molecule has 0 aromatic heterocycles. The predicted molar refractivity (Wildman–Crippen MR) is 72.4 cm³/mol. The smallest absolute Gasteiger partial charge is 0.262 e. The molecule has 0 unspecified atom stereocenters. The summed E-state index contributed by atoms with van der Waals surface area (Å²) >= 11 is 0. The molecule has 1 aromatic rings. The molecule has 2 amide bonds. The Labute approximate surface area is 112 Å². The number of amides is 2.